The largest absolute Gasteiger partial charge is 0.308 e. The first-order chi connectivity index (χ1) is 9.67. The van der Waals surface area contributed by atoms with Gasteiger partial charge in [-0.25, -0.2) is 0 Å². The van der Waals surface area contributed by atoms with Gasteiger partial charge in [0, 0.05) is 10.0 Å². The summed E-state index contributed by atoms with van der Waals surface area (Å²) in [6, 6.07) is 6.54. The number of halogens is 1. The lowest BCUT2D eigenvalue weighted by Gasteiger charge is -2.12. The van der Waals surface area contributed by atoms with Crippen LogP contribution < -0.4 is 5.32 Å². The van der Waals surface area contributed by atoms with Crippen molar-refractivity contribution in [3.05, 3.63) is 33.2 Å². The fourth-order valence-electron chi connectivity index (χ4n) is 2.02. The quantitative estimate of drug-likeness (QED) is 0.815. The van der Waals surface area contributed by atoms with Gasteiger partial charge in [0.25, 0.3) is 0 Å². The second-order valence-electron chi connectivity index (χ2n) is 4.80. The average molecular weight is 354 g/mol. The Labute approximate surface area is 133 Å². The Bertz CT molecular complexity index is 568. The number of rotatable bonds is 6. The van der Waals surface area contributed by atoms with Gasteiger partial charge in [0.1, 0.15) is 10.0 Å². The third-order valence-electron chi connectivity index (χ3n) is 3.21. The standard InChI is InChI=1S/C15H20BrN3S/c1-4-9-17-12(5-2)15-19-18-14(20-15)11-8-6-7-10(3)13(11)16/h6-8,12,17H,4-5,9H2,1-3H3. The van der Waals surface area contributed by atoms with Crippen LogP contribution in [0.15, 0.2) is 22.7 Å². The van der Waals surface area contributed by atoms with Gasteiger partial charge in [0.05, 0.1) is 6.04 Å². The Morgan fingerprint density at radius 3 is 2.80 bits per heavy atom. The molecule has 0 aliphatic rings. The molecule has 2 aromatic rings. The first kappa shape index (κ1) is 15.6. The van der Waals surface area contributed by atoms with Crippen molar-refractivity contribution in [3.8, 4) is 10.6 Å². The molecule has 108 valence electrons. The van der Waals surface area contributed by atoms with Crippen LogP contribution in [-0.4, -0.2) is 16.7 Å². The van der Waals surface area contributed by atoms with E-state index in [1.807, 2.05) is 0 Å². The number of hydrogen-bond donors (Lipinski definition) is 1. The van der Waals surface area contributed by atoms with E-state index in [9.17, 15) is 0 Å². The van der Waals surface area contributed by atoms with Crippen molar-refractivity contribution in [1.82, 2.24) is 15.5 Å². The van der Waals surface area contributed by atoms with Crippen molar-refractivity contribution in [2.45, 2.75) is 39.7 Å². The highest BCUT2D eigenvalue weighted by molar-refractivity contribution is 9.10. The van der Waals surface area contributed by atoms with E-state index < -0.39 is 0 Å². The zero-order valence-corrected chi connectivity index (χ0v) is 14.5. The molecule has 0 saturated carbocycles. The van der Waals surface area contributed by atoms with Crippen LogP contribution in [0.3, 0.4) is 0 Å². The van der Waals surface area contributed by atoms with Gasteiger partial charge in [-0.15, -0.1) is 10.2 Å². The number of nitrogens with one attached hydrogen (secondary N) is 1. The van der Waals surface area contributed by atoms with Crippen LogP contribution in [-0.2, 0) is 0 Å². The van der Waals surface area contributed by atoms with E-state index in [1.54, 1.807) is 11.3 Å². The molecule has 1 atom stereocenters. The molecule has 1 heterocycles. The Kier molecular flexibility index (Phi) is 5.69. The average Bonchev–Trinajstić information content (AvgIpc) is 2.92. The van der Waals surface area contributed by atoms with Crippen molar-refractivity contribution >= 4 is 27.3 Å². The maximum atomic E-state index is 4.37. The highest BCUT2D eigenvalue weighted by Crippen LogP contribution is 2.34. The van der Waals surface area contributed by atoms with Crippen LogP contribution in [0.4, 0.5) is 0 Å². The van der Waals surface area contributed by atoms with Crippen LogP contribution in [0.1, 0.15) is 43.3 Å². The van der Waals surface area contributed by atoms with E-state index in [4.69, 9.17) is 0 Å². The topological polar surface area (TPSA) is 37.8 Å². The molecule has 1 N–H and O–H groups in total. The number of hydrogen-bond acceptors (Lipinski definition) is 4. The number of aromatic nitrogens is 2. The van der Waals surface area contributed by atoms with E-state index in [2.05, 4.69) is 70.4 Å². The summed E-state index contributed by atoms with van der Waals surface area (Å²) in [4.78, 5) is 0. The van der Waals surface area contributed by atoms with Gasteiger partial charge >= 0.3 is 0 Å². The van der Waals surface area contributed by atoms with Crippen LogP contribution in [0.5, 0.6) is 0 Å². The molecule has 0 fully saturated rings. The highest BCUT2D eigenvalue weighted by atomic mass is 79.9. The summed E-state index contributed by atoms with van der Waals surface area (Å²) < 4.78 is 1.11. The summed E-state index contributed by atoms with van der Waals surface area (Å²) >= 11 is 5.32. The van der Waals surface area contributed by atoms with Crippen molar-refractivity contribution in [2.75, 3.05) is 6.54 Å². The van der Waals surface area contributed by atoms with Crippen LogP contribution in [0.25, 0.3) is 10.6 Å². The molecular formula is C15H20BrN3S. The van der Waals surface area contributed by atoms with Gasteiger partial charge in [-0.2, -0.15) is 0 Å². The summed E-state index contributed by atoms with van der Waals surface area (Å²) in [5.74, 6) is 0. The minimum Gasteiger partial charge on any atom is -0.308 e. The molecule has 1 aromatic heterocycles. The van der Waals surface area contributed by atoms with E-state index in [1.165, 1.54) is 5.56 Å². The maximum Gasteiger partial charge on any atom is 0.149 e. The van der Waals surface area contributed by atoms with Crippen LogP contribution in [0.2, 0.25) is 0 Å². The van der Waals surface area contributed by atoms with Gasteiger partial charge < -0.3 is 5.32 Å². The van der Waals surface area contributed by atoms with Gasteiger partial charge in [-0.3, -0.25) is 0 Å². The van der Waals surface area contributed by atoms with Gasteiger partial charge in [0.15, 0.2) is 0 Å². The molecule has 0 aliphatic carbocycles. The second-order valence-corrected chi connectivity index (χ2v) is 6.60. The number of aryl methyl sites for hydroxylation is 1. The molecule has 20 heavy (non-hydrogen) atoms. The van der Waals surface area contributed by atoms with Gasteiger partial charge in [-0.05, 0) is 47.8 Å². The van der Waals surface area contributed by atoms with E-state index in [-0.39, 0.29) is 0 Å². The Morgan fingerprint density at radius 1 is 1.30 bits per heavy atom. The summed E-state index contributed by atoms with van der Waals surface area (Å²) in [5.41, 5.74) is 2.34. The Morgan fingerprint density at radius 2 is 2.10 bits per heavy atom. The monoisotopic (exact) mass is 353 g/mol. The predicted molar refractivity (Wildman–Crippen MR) is 89.1 cm³/mol. The van der Waals surface area contributed by atoms with Crippen molar-refractivity contribution in [2.24, 2.45) is 0 Å². The fourth-order valence-corrected chi connectivity index (χ4v) is 3.64. The van der Waals surface area contributed by atoms with Crippen LogP contribution >= 0.6 is 27.3 Å². The highest BCUT2D eigenvalue weighted by Gasteiger charge is 2.16. The normalized spacial score (nSPS) is 12.6. The van der Waals surface area contributed by atoms with Crippen molar-refractivity contribution in [3.63, 3.8) is 0 Å². The summed E-state index contributed by atoms with van der Waals surface area (Å²) in [6.45, 7) is 7.46. The van der Waals surface area contributed by atoms with Gasteiger partial charge in [-0.1, -0.05) is 43.4 Å². The maximum absolute atomic E-state index is 4.37. The fraction of sp³-hybridized carbons (Fsp3) is 0.467. The molecule has 2 rings (SSSR count). The molecule has 1 aromatic carbocycles. The molecule has 0 aliphatic heterocycles. The summed E-state index contributed by atoms with van der Waals surface area (Å²) in [5, 5.41) is 14.3. The first-order valence-corrected chi connectivity index (χ1v) is 8.60. The summed E-state index contributed by atoms with van der Waals surface area (Å²) in [7, 11) is 0. The molecule has 0 bridgehead atoms. The molecule has 3 nitrogen and oxygen atoms in total. The number of nitrogens with zero attached hydrogens (tertiary/aromatic N) is 2. The van der Waals surface area contributed by atoms with E-state index >= 15 is 0 Å². The number of benzene rings is 1. The lowest BCUT2D eigenvalue weighted by atomic mass is 10.1. The molecule has 0 radical (unpaired) electrons. The molecular weight excluding hydrogens is 334 g/mol. The molecule has 1 unspecified atom stereocenters. The first-order valence-electron chi connectivity index (χ1n) is 6.99. The minimum atomic E-state index is 0.310. The zero-order chi connectivity index (χ0) is 14.5. The molecule has 5 heteroatoms. The minimum absolute atomic E-state index is 0.310. The SMILES string of the molecule is CCCNC(CC)c1nnc(-c2cccc(C)c2Br)s1. The Hall–Kier alpha value is -0.780. The summed E-state index contributed by atoms with van der Waals surface area (Å²) in [6.07, 6.45) is 2.16. The lowest BCUT2D eigenvalue weighted by Crippen LogP contribution is -2.21. The molecule has 0 spiro atoms. The third-order valence-corrected chi connectivity index (χ3v) is 5.33. The van der Waals surface area contributed by atoms with Crippen molar-refractivity contribution in [1.29, 1.82) is 0 Å². The second kappa shape index (κ2) is 7.29. The predicted octanol–water partition coefficient (Wildman–Crippen LogP) is 4.73. The van der Waals surface area contributed by atoms with Gasteiger partial charge in [0.2, 0.25) is 0 Å². The van der Waals surface area contributed by atoms with Crippen LogP contribution in [0, 0.1) is 6.92 Å². The lowest BCUT2D eigenvalue weighted by molar-refractivity contribution is 0.513. The molecule has 0 amide bonds. The zero-order valence-electron chi connectivity index (χ0n) is 12.1. The smallest absolute Gasteiger partial charge is 0.149 e. The Balaban J connectivity index is 2.26. The van der Waals surface area contributed by atoms with E-state index in [0.717, 1.165) is 39.4 Å². The van der Waals surface area contributed by atoms with E-state index in [0.29, 0.717) is 6.04 Å². The van der Waals surface area contributed by atoms with Crippen molar-refractivity contribution < 1.29 is 0 Å². The molecule has 0 saturated heterocycles. The third kappa shape index (κ3) is 3.45.